The number of hydrogen-bond donors (Lipinski definition) is 1. The molecule has 0 spiro atoms. The van der Waals surface area contributed by atoms with Crippen molar-refractivity contribution in [2.45, 2.75) is 40.0 Å². The van der Waals surface area contributed by atoms with E-state index >= 15 is 0 Å². The number of Topliss-reactive ketones (excluding diaryl/α,β-unsaturated/α-hetero) is 1. The topological polar surface area (TPSA) is 68.4 Å². The summed E-state index contributed by atoms with van der Waals surface area (Å²) >= 11 is 0. The highest BCUT2D eigenvalue weighted by Crippen LogP contribution is 2.38. The molecule has 0 fully saturated rings. The molecule has 5 nitrogen and oxygen atoms in total. The minimum absolute atomic E-state index is 0.0768. The average molecular weight is 355 g/mol. The molecule has 1 aromatic heterocycles. The third-order valence-corrected chi connectivity index (χ3v) is 4.79. The van der Waals surface area contributed by atoms with E-state index in [0.717, 1.165) is 23.4 Å². The van der Waals surface area contributed by atoms with Crippen LogP contribution in [0.4, 0.5) is 0 Å². The molecule has 0 amide bonds. The SMILES string of the molecule is CCOC(=O)c1[nH]c2c(c1Cc1ccccc1OC)C(=O)CC(C)(C)C2. The molecule has 2 aromatic rings. The second-order valence-electron chi connectivity index (χ2n) is 7.48. The number of ketones is 1. The van der Waals surface area contributed by atoms with Gasteiger partial charge < -0.3 is 14.5 Å². The fourth-order valence-electron chi connectivity index (χ4n) is 3.72. The molecular weight excluding hydrogens is 330 g/mol. The number of nitrogens with one attached hydrogen (secondary N) is 1. The van der Waals surface area contributed by atoms with Gasteiger partial charge in [0.25, 0.3) is 0 Å². The summed E-state index contributed by atoms with van der Waals surface area (Å²) in [6.07, 6.45) is 1.64. The molecular formula is C21H25NO4. The smallest absolute Gasteiger partial charge is 0.355 e. The Morgan fingerprint density at radius 1 is 1.23 bits per heavy atom. The number of fused-ring (bicyclic) bond motifs is 1. The van der Waals surface area contributed by atoms with Gasteiger partial charge in [0.1, 0.15) is 11.4 Å². The zero-order valence-electron chi connectivity index (χ0n) is 15.8. The predicted octanol–water partition coefficient (Wildman–Crippen LogP) is 3.95. The van der Waals surface area contributed by atoms with Crippen molar-refractivity contribution < 1.29 is 19.1 Å². The summed E-state index contributed by atoms with van der Waals surface area (Å²) in [6, 6.07) is 7.65. The zero-order chi connectivity index (χ0) is 18.9. The van der Waals surface area contributed by atoms with Crippen molar-refractivity contribution in [2.75, 3.05) is 13.7 Å². The zero-order valence-corrected chi connectivity index (χ0v) is 15.8. The van der Waals surface area contributed by atoms with Crippen LogP contribution in [0.3, 0.4) is 0 Å². The van der Waals surface area contributed by atoms with Gasteiger partial charge in [-0.3, -0.25) is 4.79 Å². The Bertz CT molecular complexity index is 848. The van der Waals surface area contributed by atoms with E-state index in [1.54, 1.807) is 14.0 Å². The van der Waals surface area contributed by atoms with Crippen LogP contribution in [0, 0.1) is 5.41 Å². The lowest BCUT2D eigenvalue weighted by molar-refractivity contribution is 0.0518. The van der Waals surface area contributed by atoms with Gasteiger partial charge >= 0.3 is 5.97 Å². The van der Waals surface area contributed by atoms with Crippen molar-refractivity contribution in [2.24, 2.45) is 5.41 Å². The Kier molecular flexibility index (Phi) is 4.90. The first-order valence-electron chi connectivity index (χ1n) is 8.92. The maximum Gasteiger partial charge on any atom is 0.355 e. The molecule has 26 heavy (non-hydrogen) atoms. The van der Waals surface area contributed by atoms with Gasteiger partial charge in [0.2, 0.25) is 0 Å². The van der Waals surface area contributed by atoms with Crippen LogP contribution in [0.1, 0.15) is 64.9 Å². The van der Waals surface area contributed by atoms with Crippen LogP contribution in [-0.2, 0) is 17.6 Å². The van der Waals surface area contributed by atoms with Crippen LogP contribution in [0.15, 0.2) is 24.3 Å². The van der Waals surface area contributed by atoms with Gasteiger partial charge in [0.15, 0.2) is 5.78 Å². The first kappa shape index (κ1) is 18.2. The average Bonchev–Trinajstić information content (AvgIpc) is 2.92. The van der Waals surface area contributed by atoms with Crippen molar-refractivity contribution in [1.29, 1.82) is 0 Å². The molecule has 0 bridgehead atoms. The Labute approximate surface area is 153 Å². The largest absolute Gasteiger partial charge is 0.496 e. The van der Waals surface area contributed by atoms with E-state index in [4.69, 9.17) is 9.47 Å². The highest BCUT2D eigenvalue weighted by atomic mass is 16.5. The number of carbonyl (C=O) groups is 2. The molecule has 1 N–H and O–H groups in total. The summed E-state index contributed by atoms with van der Waals surface area (Å²) in [5.74, 6) is 0.395. The third-order valence-electron chi connectivity index (χ3n) is 4.79. The fraction of sp³-hybridized carbons (Fsp3) is 0.429. The number of aromatic amines is 1. The van der Waals surface area contributed by atoms with E-state index in [0.29, 0.717) is 29.7 Å². The second-order valence-corrected chi connectivity index (χ2v) is 7.48. The highest BCUT2D eigenvalue weighted by Gasteiger charge is 2.36. The number of aromatic nitrogens is 1. The molecule has 3 rings (SSSR count). The van der Waals surface area contributed by atoms with Crippen LogP contribution < -0.4 is 4.74 Å². The van der Waals surface area contributed by atoms with Crippen LogP contribution >= 0.6 is 0 Å². The van der Waals surface area contributed by atoms with E-state index in [1.807, 2.05) is 24.3 Å². The molecule has 0 atom stereocenters. The standard InChI is InChI=1S/C21H25NO4/c1-5-26-20(24)19-14(10-13-8-6-7-9-17(13)25-4)18-15(22-19)11-21(2,3)12-16(18)23/h6-9,22H,5,10-12H2,1-4H3. The van der Waals surface area contributed by atoms with E-state index in [1.165, 1.54) is 0 Å². The summed E-state index contributed by atoms with van der Waals surface area (Å²) in [7, 11) is 1.62. The molecule has 1 aromatic carbocycles. The van der Waals surface area contributed by atoms with Crippen molar-refractivity contribution >= 4 is 11.8 Å². The second kappa shape index (κ2) is 6.98. The van der Waals surface area contributed by atoms with Crippen molar-refractivity contribution in [3.05, 3.63) is 52.3 Å². The van der Waals surface area contributed by atoms with Crippen LogP contribution in [0.2, 0.25) is 0 Å². The summed E-state index contributed by atoms with van der Waals surface area (Å²) < 4.78 is 10.6. The molecule has 1 aliphatic rings. The molecule has 0 unspecified atom stereocenters. The van der Waals surface area contributed by atoms with Crippen molar-refractivity contribution in [1.82, 2.24) is 4.98 Å². The number of carbonyl (C=O) groups excluding carboxylic acids is 2. The number of methoxy groups -OCH3 is 1. The lowest BCUT2D eigenvalue weighted by Gasteiger charge is -2.28. The molecule has 0 saturated heterocycles. The lowest BCUT2D eigenvalue weighted by Crippen LogP contribution is -2.27. The minimum Gasteiger partial charge on any atom is -0.496 e. The van der Waals surface area contributed by atoms with Crippen LogP contribution in [0.25, 0.3) is 0 Å². The summed E-state index contributed by atoms with van der Waals surface area (Å²) in [6.45, 7) is 6.20. The maximum atomic E-state index is 12.9. The van der Waals surface area contributed by atoms with Gasteiger partial charge in [-0.25, -0.2) is 4.79 Å². The van der Waals surface area contributed by atoms with Gasteiger partial charge in [0.05, 0.1) is 13.7 Å². The van der Waals surface area contributed by atoms with E-state index in [2.05, 4.69) is 18.8 Å². The van der Waals surface area contributed by atoms with Gasteiger partial charge in [-0.1, -0.05) is 32.0 Å². The number of ether oxygens (including phenoxy) is 2. The lowest BCUT2D eigenvalue weighted by atomic mass is 9.75. The molecule has 0 aliphatic heterocycles. The summed E-state index contributed by atoms with van der Waals surface area (Å²) in [5, 5.41) is 0. The molecule has 1 heterocycles. The van der Waals surface area contributed by atoms with Crippen LogP contribution in [0.5, 0.6) is 5.75 Å². The van der Waals surface area contributed by atoms with Gasteiger partial charge in [0, 0.05) is 29.7 Å². The van der Waals surface area contributed by atoms with Gasteiger partial charge in [-0.2, -0.15) is 0 Å². The van der Waals surface area contributed by atoms with Crippen molar-refractivity contribution in [3.63, 3.8) is 0 Å². The fourth-order valence-corrected chi connectivity index (χ4v) is 3.72. The number of para-hydroxylation sites is 1. The number of H-pyrrole nitrogens is 1. The molecule has 138 valence electrons. The van der Waals surface area contributed by atoms with Crippen molar-refractivity contribution in [3.8, 4) is 5.75 Å². The first-order chi connectivity index (χ1) is 12.4. The minimum atomic E-state index is -0.419. The summed E-state index contributed by atoms with van der Waals surface area (Å²) in [5.41, 5.74) is 3.39. The number of rotatable bonds is 5. The Balaban J connectivity index is 2.12. The number of hydrogen-bond acceptors (Lipinski definition) is 4. The van der Waals surface area contributed by atoms with E-state index in [9.17, 15) is 9.59 Å². The Morgan fingerprint density at radius 2 is 1.96 bits per heavy atom. The number of benzene rings is 1. The Hall–Kier alpha value is -2.56. The third kappa shape index (κ3) is 3.39. The maximum absolute atomic E-state index is 12.9. The van der Waals surface area contributed by atoms with E-state index in [-0.39, 0.29) is 17.8 Å². The number of esters is 1. The summed E-state index contributed by atoms with van der Waals surface area (Å²) in [4.78, 5) is 28.6. The highest BCUT2D eigenvalue weighted by molar-refractivity contribution is 6.04. The van der Waals surface area contributed by atoms with E-state index < -0.39 is 5.97 Å². The predicted molar refractivity (Wildman–Crippen MR) is 99.0 cm³/mol. The van der Waals surface area contributed by atoms with Crippen LogP contribution in [-0.4, -0.2) is 30.5 Å². The monoisotopic (exact) mass is 355 g/mol. The van der Waals surface area contributed by atoms with Gasteiger partial charge in [-0.15, -0.1) is 0 Å². The normalized spacial score (nSPS) is 15.5. The first-order valence-corrected chi connectivity index (χ1v) is 8.92. The molecule has 5 heteroatoms. The molecule has 0 radical (unpaired) electrons. The Morgan fingerprint density at radius 3 is 2.65 bits per heavy atom. The van der Waals surface area contributed by atoms with Gasteiger partial charge in [-0.05, 0) is 30.4 Å². The quantitative estimate of drug-likeness (QED) is 0.825. The molecule has 1 aliphatic carbocycles. The molecule has 0 saturated carbocycles.